The van der Waals surface area contributed by atoms with Crippen LogP contribution in [0.15, 0.2) is 95.9 Å². The number of aromatic nitrogens is 1. The van der Waals surface area contributed by atoms with E-state index >= 15 is 0 Å². The molecule has 136 valence electrons. The van der Waals surface area contributed by atoms with E-state index in [0.29, 0.717) is 11.2 Å². The van der Waals surface area contributed by atoms with E-state index in [1.165, 1.54) is 44.4 Å². The lowest BCUT2D eigenvalue weighted by molar-refractivity contribution is 0.619. The summed E-state index contributed by atoms with van der Waals surface area (Å²) in [6.07, 6.45) is 11.4. The summed E-state index contributed by atoms with van der Waals surface area (Å²) in [6.45, 7) is 0. The highest BCUT2D eigenvalue weighted by atomic mass is 32.2. The Balaban J connectivity index is 1.57. The first-order valence-electron chi connectivity index (χ1n) is 10.0. The van der Waals surface area contributed by atoms with Gasteiger partial charge in [0.25, 0.3) is 0 Å². The van der Waals surface area contributed by atoms with Crippen molar-refractivity contribution in [2.45, 2.75) is 23.0 Å². The first kappa shape index (κ1) is 16.3. The van der Waals surface area contributed by atoms with E-state index in [2.05, 4.69) is 107 Å². The maximum atomic E-state index is 2.42. The summed E-state index contributed by atoms with van der Waals surface area (Å²) in [4.78, 5) is 1.50. The number of thioether (sulfide) groups is 1. The van der Waals surface area contributed by atoms with Crippen molar-refractivity contribution in [1.82, 2.24) is 4.57 Å². The van der Waals surface area contributed by atoms with Crippen molar-refractivity contribution >= 4 is 33.6 Å². The van der Waals surface area contributed by atoms with Crippen LogP contribution < -0.4 is 0 Å². The van der Waals surface area contributed by atoms with Crippen LogP contribution in [0, 0.1) is 5.92 Å². The largest absolute Gasteiger partial charge is 0.309 e. The minimum Gasteiger partial charge on any atom is -0.309 e. The average molecular weight is 380 g/mol. The van der Waals surface area contributed by atoms with Gasteiger partial charge >= 0.3 is 0 Å². The van der Waals surface area contributed by atoms with Gasteiger partial charge in [-0.3, -0.25) is 0 Å². The van der Waals surface area contributed by atoms with Crippen LogP contribution in [-0.4, -0.2) is 9.82 Å². The van der Waals surface area contributed by atoms with Crippen LogP contribution in [0.25, 0.3) is 27.5 Å². The molecule has 6 rings (SSSR count). The molecule has 2 atom stereocenters. The fourth-order valence-electron chi connectivity index (χ4n) is 4.75. The number of para-hydroxylation sites is 2. The molecule has 2 heterocycles. The van der Waals surface area contributed by atoms with Gasteiger partial charge in [0, 0.05) is 26.6 Å². The summed E-state index contributed by atoms with van der Waals surface area (Å²) in [5, 5.41) is 3.44. The van der Waals surface area contributed by atoms with E-state index in [1.54, 1.807) is 0 Å². The van der Waals surface area contributed by atoms with E-state index in [9.17, 15) is 0 Å². The molecular formula is C26H21NS. The van der Waals surface area contributed by atoms with Gasteiger partial charge in [-0.2, -0.15) is 0 Å². The standard InChI is InChI=1S/C26H21NS/c1-3-9-18(10-4-1)24-17-19-15-16-23-25(26(19)28-24)21-13-7-8-14-22(21)27(23)20-11-5-2-6-12-20/h1-9,11-16,18,24H,10,17H2. The molecule has 3 aromatic carbocycles. The normalized spacial score (nSPS) is 20.9. The highest BCUT2D eigenvalue weighted by Crippen LogP contribution is 2.48. The zero-order valence-electron chi connectivity index (χ0n) is 15.6. The van der Waals surface area contributed by atoms with Gasteiger partial charge in [-0.15, -0.1) is 11.8 Å². The van der Waals surface area contributed by atoms with Crippen molar-refractivity contribution in [2.75, 3.05) is 0 Å². The summed E-state index contributed by atoms with van der Waals surface area (Å²) < 4.78 is 2.42. The lowest BCUT2D eigenvalue weighted by atomic mass is 9.93. The first-order valence-corrected chi connectivity index (χ1v) is 10.9. The first-order chi connectivity index (χ1) is 13.9. The lowest BCUT2D eigenvalue weighted by Gasteiger charge is -2.19. The Labute approximate surface area is 169 Å². The van der Waals surface area contributed by atoms with Crippen molar-refractivity contribution in [1.29, 1.82) is 0 Å². The molecule has 0 amide bonds. The third-order valence-electron chi connectivity index (χ3n) is 6.07. The summed E-state index contributed by atoms with van der Waals surface area (Å²) in [5.41, 5.74) is 5.36. The zero-order chi connectivity index (χ0) is 18.5. The van der Waals surface area contributed by atoms with Gasteiger partial charge in [-0.25, -0.2) is 0 Å². The molecule has 0 radical (unpaired) electrons. The summed E-state index contributed by atoms with van der Waals surface area (Å²) in [5.74, 6) is 0.639. The summed E-state index contributed by atoms with van der Waals surface area (Å²) in [6, 6.07) is 24.3. The Bertz CT molecular complexity index is 1250. The molecule has 2 heteroatoms. The Morgan fingerprint density at radius 3 is 2.54 bits per heavy atom. The number of allylic oxidation sites excluding steroid dienone is 4. The van der Waals surface area contributed by atoms with Gasteiger partial charge in [0.15, 0.2) is 0 Å². The molecule has 0 fully saturated rings. The van der Waals surface area contributed by atoms with Crippen molar-refractivity contribution in [3.63, 3.8) is 0 Å². The van der Waals surface area contributed by atoms with Crippen LogP contribution in [0.3, 0.4) is 0 Å². The Hall–Kier alpha value is -2.71. The molecule has 1 aliphatic heterocycles. The van der Waals surface area contributed by atoms with Crippen LogP contribution in [0.4, 0.5) is 0 Å². The minimum absolute atomic E-state index is 0.639. The Kier molecular flexibility index (Phi) is 3.73. The van der Waals surface area contributed by atoms with Gasteiger partial charge < -0.3 is 4.57 Å². The third kappa shape index (κ3) is 2.41. The molecule has 0 saturated heterocycles. The van der Waals surface area contributed by atoms with Crippen LogP contribution in [0.5, 0.6) is 0 Å². The van der Waals surface area contributed by atoms with E-state index in [4.69, 9.17) is 0 Å². The molecule has 0 N–H and O–H groups in total. The van der Waals surface area contributed by atoms with Gasteiger partial charge in [0.1, 0.15) is 0 Å². The number of hydrogen-bond donors (Lipinski definition) is 0. The smallest absolute Gasteiger partial charge is 0.0552 e. The van der Waals surface area contributed by atoms with Crippen LogP contribution in [-0.2, 0) is 6.42 Å². The van der Waals surface area contributed by atoms with E-state index in [1.807, 2.05) is 0 Å². The number of fused-ring (bicyclic) bond motifs is 5. The van der Waals surface area contributed by atoms with Crippen LogP contribution >= 0.6 is 11.8 Å². The molecule has 0 saturated carbocycles. The second kappa shape index (κ2) is 6.42. The SMILES string of the molecule is C1=CCC(C2Cc3ccc4c(c3S2)c2ccccc2n4-c2ccccc2)C=C1. The fraction of sp³-hybridized carbons (Fsp3) is 0.154. The Morgan fingerprint density at radius 2 is 1.68 bits per heavy atom. The van der Waals surface area contributed by atoms with Crippen molar-refractivity contribution in [3.8, 4) is 5.69 Å². The zero-order valence-corrected chi connectivity index (χ0v) is 16.4. The van der Waals surface area contributed by atoms with Crippen molar-refractivity contribution in [2.24, 2.45) is 5.92 Å². The molecule has 4 aromatic rings. The van der Waals surface area contributed by atoms with Crippen LogP contribution in [0.1, 0.15) is 12.0 Å². The van der Waals surface area contributed by atoms with Gasteiger partial charge in [-0.05, 0) is 48.6 Å². The topological polar surface area (TPSA) is 4.93 Å². The fourth-order valence-corrected chi connectivity index (χ4v) is 6.32. The molecule has 1 nitrogen and oxygen atoms in total. The second-order valence-electron chi connectivity index (χ2n) is 7.71. The average Bonchev–Trinajstić information content (AvgIpc) is 3.34. The molecule has 28 heavy (non-hydrogen) atoms. The number of rotatable bonds is 2. The minimum atomic E-state index is 0.639. The monoisotopic (exact) mass is 379 g/mol. The van der Waals surface area contributed by atoms with E-state index < -0.39 is 0 Å². The highest BCUT2D eigenvalue weighted by Gasteiger charge is 2.31. The second-order valence-corrected chi connectivity index (χ2v) is 8.96. The van der Waals surface area contributed by atoms with E-state index in [0.717, 1.165) is 6.42 Å². The summed E-state index contributed by atoms with van der Waals surface area (Å²) >= 11 is 2.10. The van der Waals surface area contributed by atoms with Crippen molar-refractivity contribution < 1.29 is 0 Å². The lowest BCUT2D eigenvalue weighted by Crippen LogP contribution is -2.14. The molecular weight excluding hydrogens is 358 g/mol. The molecule has 1 aromatic heterocycles. The predicted molar refractivity (Wildman–Crippen MR) is 121 cm³/mol. The Morgan fingerprint density at radius 1 is 0.821 bits per heavy atom. The maximum Gasteiger partial charge on any atom is 0.0552 e. The number of hydrogen-bond acceptors (Lipinski definition) is 1. The maximum absolute atomic E-state index is 2.42. The number of nitrogens with zero attached hydrogens (tertiary/aromatic N) is 1. The van der Waals surface area contributed by atoms with E-state index in [-0.39, 0.29) is 0 Å². The quantitative estimate of drug-likeness (QED) is 0.365. The van der Waals surface area contributed by atoms with Gasteiger partial charge in [-0.1, -0.05) is 66.8 Å². The highest BCUT2D eigenvalue weighted by molar-refractivity contribution is 8.00. The van der Waals surface area contributed by atoms with Gasteiger partial charge in [0.2, 0.25) is 0 Å². The van der Waals surface area contributed by atoms with Crippen LogP contribution in [0.2, 0.25) is 0 Å². The number of benzene rings is 3. The molecule has 2 unspecified atom stereocenters. The van der Waals surface area contributed by atoms with Gasteiger partial charge in [0.05, 0.1) is 11.0 Å². The third-order valence-corrected chi connectivity index (χ3v) is 7.59. The predicted octanol–water partition coefficient (Wildman–Crippen LogP) is 6.93. The molecule has 0 spiro atoms. The molecule has 0 bridgehead atoms. The molecule has 1 aliphatic carbocycles. The summed E-state index contributed by atoms with van der Waals surface area (Å²) in [7, 11) is 0. The molecule has 2 aliphatic rings. The van der Waals surface area contributed by atoms with Crippen molar-refractivity contribution in [3.05, 3.63) is 96.6 Å².